The Bertz CT molecular complexity index is 636. The number of aryl methyl sites for hydroxylation is 1. The fraction of sp³-hybridized carbons (Fsp3) is 0.312. The third kappa shape index (κ3) is 3.62. The van der Waals surface area contributed by atoms with Crippen LogP contribution in [0.5, 0.6) is 0 Å². The molecule has 4 nitrogen and oxygen atoms in total. The lowest BCUT2D eigenvalue weighted by atomic mass is 10.2. The standard InChI is InChI=1S/C16H20FN3O/c1-3-7-20-11-14(18)9-15(20)16(21)19(2)10-12-5-4-6-13(17)8-12/h4-6,8-9,11H,3,7,10,18H2,1-2H3. The van der Waals surface area contributed by atoms with Crippen molar-refractivity contribution in [3.8, 4) is 0 Å². The average molecular weight is 289 g/mol. The van der Waals surface area contributed by atoms with Crippen LogP contribution in [0.2, 0.25) is 0 Å². The number of hydrogen-bond acceptors (Lipinski definition) is 2. The monoisotopic (exact) mass is 289 g/mol. The molecule has 0 aliphatic rings. The first-order chi connectivity index (χ1) is 10.0. The zero-order chi connectivity index (χ0) is 15.4. The molecule has 2 rings (SSSR count). The van der Waals surface area contributed by atoms with Crippen LogP contribution in [0.3, 0.4) is 0 Å². The van der Waals surface area contributed by atoms with Gasteiger partial charge in [-0.15, -0.1) is 0 Å². The summed E-state index contributed by atoms with van der Waals surface area (Å²) in [7, 11) is 1.70. The van der Waals surface area contributed by atoms with Crippen LogP contribution >= 0.6 is 0 Å². The van der Waals surface area contributed by atoms with Crippen LogP contribution in [0.4, 0.5) is 10.1 Å². The van der Waals surface area contributed by atoms with Gasteiger partial charge in [-0.1, -0.05) is 19.1 Å². The van der Waals surface area contributed by atoms with Gasteiger partial charge in [0.1, 0.15) is 11.5 Å². The van der Waals surface area contributed by atoms with Crippen LogP contribution in [0.1, 0.15) is 29.4 Å². The van der Waals surface area contributed by atoms with Crippen LogP contribution < -0.4 is 5.73 Å². The lowest BCUT2D eigenvalue weighted by Crippen LogP contribution is -2.28. The molecule has 0 saturated carbocycles. The highest BCUT2D eigenvalue weighted by Gasteiger charge is 2.17. The number of carbonyl (C=O) groups excluding carboxylic acids is 1. The molecular formula is C16H20FN3O. The highest BCUT2D eigenvalue weighted by atomic mass is 19.1. The van der Waals surface area contributed by atoms with E-state index < -0.39 is 0 Å². The maximum Gasteiger partial charge on any atom is 0.270 e. The van der Waals surface area contributed by atoms with E-state index in [9.17, 15) is 9.18 Å². The second-order valence-electron chi connectivity index (χ2n) is 5.14. The van der Waals surface area contributed by atoms with Crippen LogP contribution in [0.15, 0.2) is 36.5 Å². The normalized spacial score (nSPS) is 10.6. The number of hydrogen-bond donors (Lipinski definition) is 1. The summed E-state index contributed by atoms with van der Waals surface area (Å²) in [5, 5.41) is 0. The second-order valence-corrected chi connectivity index (χ2v) is 5.14. The summed E-state index contributed by atoms with van der Waals surface area (Å²) in [6.07, 6.45) is 2.69. The van der Waals surface area contributed by atoms with Gasteiger partial charge in [-0.3, -0.25) is 4.79 Å². The third-order valence-electron chi connectivity index (χ3n) is 3.26. The Labute approximate surface area is 124 Å². The predicted octanol–water partition coefficient (Wildman–Crippen LogP) is 2.89. The fourth-order valence-electron chi connectivity index (χ4n) is 2.31. The van der Waals surface area contributed by atoms with Gasteiger partial charge in [-0.2, -0.15) is 0 Å². The van der Waals surface area contributed by atoms with Gasteiger partial charge in [-0.05, 0) is 30.2 Å². The van der Waals surface area contributed by atoms with Crippen LogP contribution in [0, 0.1) is 5.82 Å². The highest BCUT2D eigenvalue weighted by Crippen LogP contribution is 2.15. The summed E-state index contributed by atoms with van der Waals surface area (Å²) in [6.45, 7) is 3.14. The molecule has 0 aliphatic carbocycles. The molecule has 2 aromatic rings. The average Bonchev–Trinajstić information content (AvgIpc) is 2.79. The minimum Gasteiger partial charge on any atom is -0.397 e. The molecule has 5 heteroatoms. The summed E-state index contributed by atoms with van der Waals surface area (Å²) in [6, 6.07) is 7.94. The Kier molecular flexibility index (Phi) is 4.62. The molecular weight excluding hydrogens is 269 g/mol. The van der Waals surface area contributed by atoms with Crippen molar-refractivity contribution in [3.63, 3.8) is 0 Å². The van der Waals surface area contributed by atoms with Gasteiger partial charge in [-0.25, -0.2) is 4.39 Å². The molecule has 0 fully saturated rings. The molecule has 1 amide bonds. The van der Waals surface area contributed by atoms with Crippen LogP contribution in [-0.4, -0.2) is 22.4 Å². The number of anilines is 1. The minimum absolute atomic E-state index is 0.121. The van der Waals surface area contributed by atoms with Crippen molar-refractivity contribution in [2.75, 3.05) is 12.8 Å². The van der Waals surface area contributed by atoms with E-state index in [1.54, 1.807) is 36.3 Å². The lowest BCUT2D eigenvalue weighted by molar-refractivity contribution is 0.0774. The molecule has 0 saturated heterocycles. The van der Waals surface area contributed by atoms with Gasteiger partial charge in [0.25, 0.3) is 5.91 Å². The van der Waals surface area contributed by atoms with Crippen molar-refractivity contribution in [3.05, 3.63) is 53.6 Å². The molecule has 112 valence electrons. The molecule has 0 aliphatic heterocycles. The molecule has 0 atom stereocenters. The first-order valence-corrected chi connectivity index (χ1v) is 6.96. The van der Waals surface area contributed by atoms with Crippen molar-refractivity contribution >= 4 is 11.6 Å². The Morgan fingerprint density at radius 3 is 2.81 bits per heavy atom. The summed E-state index contributed by atoms with van der Waals surface area (Å²) in [4.78, 5) is 14.1. The number of rotatable bonds is 5. The molecule has 1 aromatic heterocycles. The summed E-state index contributed by atoms with van der Waals surface area (Å²) in [5.74, 6) is -0.420. The fourth-order valence-corrected chi connectivity index (χ4v) is 2.31. The van der Waals surface area contributed by atoms with E-state index in [1.165, 1.54) is 12.1 Å². The maximum atomic E-state index is 13.2. The van der Waals surface area contributed by atoms with E-state index in [0.717, 1.165) is 18.5 Å². The van der Waals surface area contributed by atoms with Gasteiger partial charge in [0, 0.05) is 26.3 Å². The molecule has 21 heavy (non-hydrogen) atoms. The van der Waals surface area contributed by atoms with E-state index in [1.807, 2.05) is 11.5 Å². The predicted molar refractivity (Wildman–Crippen MR) is 81.3 cm³/mol. The second kappa shape index (κ2) is 6.43. The van der Waals surface area contributed by atoms with Crippen LogP contribution in [0.25, 0.3) is 0 Å². The topological polar surface area (TPSA) is 51.3 Å². The largest absolute Gasteiger partial charge is 0.397 e. The Balaban J connectivity index is 2.15. The minimum atomic E-state index is -0.299. The van der Waals surface area contributed by atoms with Gasteiger partial charge >= 0.3 is 0 Å². The number of benzene rings is 1. The Morgan fingerprint density at radius 2 is 2.14 bits per heavy atom. The number of nitrogens with two attached hydrogens (primary N) is 1. The molecule has 1 heterocycles. The smallest absolute Gasteiger partial charge is 0.270 e. The van der Waals surface area contributed by atoms with E-state index in [4.69, 9.17) is 5.73 Å². The molecule has 2 N–H and O–H groups in total. The number of carbonyl (C=O) groups is 1. The number of aromatic nitrogens is 1. The maximum absolute atomic E-state index is 13.2. The highest BCUT2D eigenvalue weighted by molar-refractivity contribution is 5.93. The summed E-state index contributed by atoms with van der Waals surface area (Å²) >= 11 is 0. The van der Waals surface area contributed by atoms with Crippen molar-refractivity contribution in [2.24, 2.45) is 0 Å². The zero-order valence-corrected chi connectivity index (χ0v) is 12.3. The lowest BCUT2D eigenvalue weighted by Gasteiger charge is -2.18. The molecule has 1 aromatic carbocycles. The zero-order valence-electron chi connectivity index (χ0n) is 12.3. The quantitative estimate of drug-likeness (QED) is 0.920. The van der Waals surface area contributed by atoms with Gasteiger partial charge in [0.2, 0.25) is 0 Å². The summed E-state index contributed by atoms with van der Waals surface area (Å²) in [5.41, 5.74) is 7.67. The van der Waals surface area contributed by atoms with Crippen molar-refractivity contribution in [2.45, 2.75) is 26.4 Å². The molecule has 0 radical (unpaired) electrons. The molecule has 0 spiro atoms. The van der Waals surface area contributed by atoms with E-state index in [2.05, 4.69) is 0 Å². The van der Waals surface area contributed by atoms with Crippen molar-refractivity contribution < 1.29 is 9.18 Å². The van der Waals surface area contributed by atoms with E-state index in [0.29, 0.717) is 17.9 Å². The number of amides is 1. The first kappa shape index (κ1) is 15.1. The van der Waals surface area contributed by atoms with Crippen LogP contribution in [-0.2, 0) is 13.1 Å². The first-order valence-electron chi connectivity index (χ1n) is 6.96. The van der Waals surface area contributed by atoms with Crippen molar-refractivity contribution in [1.82, 2.24) is 9.47 Å². The Morgan fingerprint density at radius 1 is 1.38 bits per heavy atom. The third-order valence-corrected chi connectivity index (χ3v) is 3.26. The number of nitrogen functional groups attached to an aromatic ring is 1. The SMILES string of the molecule is CCCn1cc(N)cc1C(=O)N(C)Cc1cccc(F)c1. The number of nitrogens with zero attached hydrogens (tertiary/aromatic N) is 2. The summed E-state index contributed by atoms with van der Waals surface area (Å²) < 4.78 is 15.0. The van der Waals surface area contributed by atoms with E-state index in [-0.39, 0.29) is 11.7 Å². The van der Waals surface area contributed by atoms with Gasteiger partial charge in [0.05, 0.1) is 5.69 Å². The molecule has 0 bridgehead atoms. The van der Waals surface area contributed by atoms with Gasteiger partial charge < -0.3 is 15.2 Å². The van der Waals surface area contributed by atoms with E-state index >= 15 is 0 Å². The Hall–Kier alpha value is -2.30. The number of halogens is 1. The molecule has 0 unspecified atom stereocenters. The van der Waals surface area contributed by atoms with Crippen molar-refractivity contribution in [1.29, 1.82) is 0 Å². The van der Waals surface area contributed by atoms with Gasteiger partial charge in [0.15, 0.2) is 0 Å².